The summed E-state index contributed by atoms with van der Waals surface area (Å²) in [7, 11) is 0. The molecular formula is C17H21ClN8O2. The molecule has 28 heavy (non-hydrogen) atoms. The van der Waals surface area contributed by atoms with Crippen LogP contribution in [-0.4, -0.2) is 47.7 Å². The summed E-state index contributed by atoms with van der Waals surface area (Å²) in [5.74, 6) is 0.217. The largest absolute Gasteiger partial charge is 0.504 e. The Bertz CT molecular complexity index is 995. The first-order chi connectivity index (χ1) is 13.5. The van der Waals surface area contributed by atoms with Gasteiger partial charge >= 0.3 is 0 Å². The number of anilines is 2. The molecule has 0 amide bonds. The van der Waals surface area contributed by atoms with Crippen molar-refractivity contribution in [1.82, 2.24) is 25.4 Å². The highest BCUT2D eigenvalue weighted by molar-refractivity contribution is 6.32. The minimum Gasteiger partial charge on any atom is -0.504 e. The van der Waals surface area contributed by atoms with E-state index in [9.17, 15) is 10.2 Å². The summed E-state index contributed by atoms with van der Waals surface area (Å²) >= 11 is 5.80. The van der Waals surface area contributed by atoms with E-state index < -0.39 is 0 Å². The predicted octanol–water partition coefficient (Wildman–Crippen LogP) is 2.11. The van der Waals surface area contributed by atoms with Crippen LogP contribution in [0.25, 0.3) is 11.2 Å². The van der Waals surface area contributed by atoms with Gasteiger partial charge in [0.25, 0.3) is 0 Å². The molecule has 148 valence electrons. The van der Waals surface area contributed by atoms with Gasteiger partial charge in [0, 0.05) is 24.2 Å². The number of phenols is 2. The Hall–Kier alpha value is -2.85. The molecule has 2 aromatic heterocycles. The van der Waals surface area contributed by atoms with Crippen molar-refractivity contribution in [3.05, 3.63) is 22.7 Å². The molecule has 3 aromatic rings. The number of phenolic OH excluding ortho intramolecular Hbond substituents is 2. The monoisotopic (exact) mass is 404 g/mol. The van der Waals surface area contributed by atoms with Crippen molar-refractivity contribution in [2.24, 2.45) is 5.73 Å². The molecule has 2 atom stereocenters. The number of aromatic hydroxyl groups is 2. The minimum atomic E-state index is -0.358. The number of fused-ring (bicyclic) bond motifs is 1. The average molecular weight is 405 g/mol. The van der Waals surface area contributed by atoms with Gasteiger partial charge < -0.3 is 26.6 Å². The zero-order valence-corrected chi connectivity index (χ0v) is 15.7. The molecule has 4 rings (SSSR count). The lowest BCUT2D eigenvalue weighted by Crippen LogP contribution is -2.43. The van der Waals surface area contributed by atoms with E-state index in [1.807, 2.05) is 0 Å². The summed E-state index contributed by atoms with van der Waals surface area (Å²) < 4.78 is 0. The van der Waals surface area contributed by atoms with Gasteiger partial charge in [-0.25, -0.2) is 0 Å². The van der Waals surface area contributed by atoms with Crippen molar-refractivity contribution in [3.8, 4) is 11.5 Å². The topological polar surface area (TPSA) is 158 Å². The highest BCUT2D eigenvalue weighted by Gasteiger charge is 2.23. The molecule has 1 aliphatic carbocycles. The normalized spacial score (nSPS) is 19.6. The molecule has 7 N–H and O–H groups in total. The highest BCUT2D eigenvalue weighted by atomic mass is 35.5. The fraction of sp³-hybridized carbons (Fsp3) is 0.412. The number of aromatic nitrogens is 5. The van der Waals surface area contributed by atoms with E-state index in [2.05, 4.69) is 36.0 Å². The van der Waals surface area contributed by atoms with Crippen molar-refractivity contribution in [3.63, 3.8) is 0 Å². The second-order valence-electron chi connectivity index (χ2n) is 6.85. The van der Waals surface area contributed by atoms with Crippen LogP contribution in [0.5, 0.6) is 11.5 Å². The molecule has 1 fully saturated rings. The van der Waals surface area contributed by atoms with Crippen LogP contribution < -0.4 is 16.4 Å². The van der Waals surface area contributed by atoms with Gasteiger partial charge in [-0.1, -0.05) is 30.5 Å². The maximum absolute atomic E-state index is 10.1. The summed E-state index contributed by atoms with van der Waals surface area (Å²) in [6.45, 7) is 0.192. The first-order valence-corrected chi connectivity index (χ1v) is 9.44. The molecule has 0 aliphatic heterocycles. The molecule has 1 aromatic carbocycles. The van der Waals surface area contributed by atoms with Gasteiger partial charge in [0.05, 0.1) is 5.02 Å². The lowest BCUT2D eigenvalue weighted by Gasteiger charge is -2.29. The van der Waals surface area contributed by atoms with Crippen LogP contribution in [0, 0.1) is 0 Å². The summed E-state index contributed by atoms with van der Waals surface area (Å²) in [5, 5.41) is 37.0. The predicted molar refractivity (Wildman–Crippen MR) is 105 cm³/mol. The molecule has 0 saturated heterocycles. The number of halogens is 1. The van der Waals surface area contributed by atoms with E-state index in [1.54, 1.807) is 6.07 Å². The van der Waals surface area contributed by atoms with Gasteiger partial charge in [-0.15, -0.1) is 5.10 Å². The first kappa shape index (κ1) is 18.5. The standard InChI is InChI=1S/C17H21ClN8O2/c18-9-6-5-8(13(27)14(9)28)7-20-15-12-16(25-26-24-12)23-17(22-15)21-11-4-2-1-3-10(11)19/h5-6,10-11,27-28H,1-4,7,19H2,(H3,20,21,22,23,24,25,26). The van der Waals surface area contributed by atoms with Gasteiger partial charge in [0.15, 0.2) is 22.8 Å². The Kier molecular flexibility index (Phi) is 5.05. The second kappa shape index (κ2) is 7.64. The Morgan fingerprint density at radius 1 is 1.14 bits per heavy atom. The molecule has 11 heteroatoms. The third kappa shape index (κ3) is 3.60. The van der Waals surface area contributed by atoms with E-state index in [4.69, 9.17) is 17.3 Å². The van der Waals surface area contributed by atoms with Crippen molar-refractivity contribution < 1.29 is 10.2 Å². The molecule has 0 spiro atoms. The van der Waals surface area contributed by atoms with Gasteiger partial charge in [-0.3, -0.25) is 0 Å². The van der Waals surface area contributed by atoms with Gasteiger partial charge in [0.1, 0.15) is 0 Å². The number of benzene rings is 1. The van der Waals surface area contributed by atoms with Gasteiger partial charge in [-0.2, -0.15) is 20.3 Å². The molecule has 1 saturated carbocycles. The number of hydrogen-bond acceptors (Lipinski definition) is 9. The summed E-state index contributed by atoms with van der Waals surface area (Å²) in [6, 6.07) is 3.28. The van der Waals surface area contributed by atoms with E-state index >= 15 is 0 Å². The van der Waals surface area contributed by atoms with E-state index in [0.29, 0.717) is 28.5 Å². The highest BCUT2D eigenvalue weighted by Crippen LogP contribution is 2.36. The van der Waals surface area contributed by atoms with Crippen LogP contribution in [0.1, 0.15) is 31.2 Å². The summed E-state index contributed by atoms with van der Waals surface area (Å²) in [4.78, 5) is 8.90. The third-order valence-corrected chi connectivity index (χ3v) is 5.25. The Labute approximate surface area is 165 Å². The minimum absolute atomic E-state index is 0.0516. The lowest BCUT2D eigenvalue weighted by molar-refractivity contribution is 0.400. The van der Waals surface area contributed by atoms with E-state index in [-0.39, 0.29) is 35.2 Å². The van der Waals surface area contributed by atoms with Crippen LogP contribution in [0.4, 0.5) is 11.8 Å². The maximum Gasteiger partial charge on any atom is 0.227 e. The van der Waals surface area contributed by atoms with Crippen LogP contribution in [-0.2, 0) is 6.54 Å². The number of rotatable bonds is 5. The van der Waals surface area contributed by atoms with Crippen molar-refractivity contribution in [2.45, 2.75) is 44.3 Å². The fourth-order valence-electron chi connectivity index (χ4n) is 3.36. The van der Waals surface area contributed by atoms with E-state index in [1.165, 1.54) is 6.07 Å². The maximum atomic E-state index is 10.1. The molecular weight excluding hydrogens is 384 g/mol. The molecule has 1 aliphatic rings. The van der Waals surface area contributed by atoms with Gasteiger partial charge in [0.2, 0.25) is 11.6 Å². The molecule has 0 radical (unpaired) electrons. The van der Waals surface area contributed by atoms with Crippen molar-refractivity contribution in [2.75, 3.05) is 10.6 Å². The lowest BCUT2D eigenvalue weighted by atomic mass is 9.91. The number of aromatic amines is 1. The third-order valence-electron chi connectivity index (χ3n) is 4.95. The second-order valence-corrected chi connectivity index (χ2v) is 7.26. The van der Waals surface area contributed by atoms with Crippen molar-refractivity contribution >= 4 is 34.5 Å². The quantitative estimate of drug-likeness (QED) is 0.350. The van der Waals surface area contributed by atoms with Crippen LogP contribution in [0.2, 0.25) is 5.02 Å². The first-order valence-electron chi connectivity index (χ1n) is 9.06. The Balaban J connectivity index is 1.58. The van der Waals surface area contributed by atoms with Crippen LogP contribution in [0.15, 0.2) is 12.1 Å². The number of nitrogens with zero attached hydrogens (tertiary/aromatic N) is 4. The zero-order valence-electron chi connectivity index (χ0n) is 15.0. The molecule has 2 heterocycles. The number of nitrogens with one attached hydrogen (secondary N) is 3. The number of hydrogen-bond donors (Lipinski definition) is 6. The SMILES string of the molecule is NC1CCCCC1Nc1nc(NCc2ccc(Cl)c(O)c2O)c2n[nH]nc2n1. The molecule has 0 bridgehead atoms. The molecule has 2 unspecified atom stereocenters. The van der Waals surface area contributed by atoms with E-state index in [0.717, 1.165) is 25.7 Å². The van der Waals surface area contributed by atoms with Crippen LogP contribution in [0.3, 0.4) is 0 Å². The van der Waals surface area contributed by atoms with Crippen LogP contribution >= 0.6 is 11.6 Å². The number of nitrogens with two attached hydrogens (primary N) is 1. The molecule has 10 nitrogen and oxygen atoms in total. The summed E-state index contributed by atoms with van der Waals surface area (Å²) in [6.07, 6.45) is 4.17. The smallest absolute Gasteiger partial charge is 0.227 e. The Morgan fingerprint density at radius 2 is 1.96 bits per heavy atom. The Morgan fingerprint density at radius 3 is 2.79 bits per heavy atom. The fourth-order valence-corrected chi connectivity index (χ4v) is 3.51. The van der Waals surface area contributed by atoms with Crippen molar-refractivity contribution in [1.29, 1.82) is 0 Å². The average Bonchev–Trinajstić information content (AvgIpc) is 3.16. The number of H-pyrrole nitrogens is 1. The zero-order chi connectivity index (χ0) is 19.7. The summed E-state index contributed by atoms with van der Waals surface area (Å²) in [5.41, 5.74) is 7.54. The van der Waals surface area contributed by atoms with Gasteiger partial charge in [-0.05, 0) is 18.9 Å².